The summed E-state index contributed by atoms with van der Waals surface area (Å²) in [5.74, 6) is -0.0537. The van der Waals surface area contributed by atoms with Gasteiger partial charge in [0, 0.05) is 48.4 Å². The molecule has 1 amide bonds. The number of para-hydroxylation sites is 1. The van der Waals surface area contributed by atoms with Crippen LogP contribution in [0.15, 0.2) is 42.6 Å². The molecule has 2 N–H and O–H groups in total. The van der Waals surface area contributed by atoms with Crippen molar-refractivity contribution in [3.05, 3.63) is 63.8 Å². The number of H-pyrrole nitrogens is 1. The Kier molecular flexibility index (Phi) is 4.27. The molecular weight excluding hydrogens is 344 g/mol. The van der Waals surface area contributed by atoms with Gasteiger partial charge in [-0.15, -0.1) is 0 Å². The molecular formula is C20H20N4O3. The van der Waals surface area contributed by atoms with Crippen molar-refractivity contribution in [3.63, 3.8) is 0 Å². The fourth-order valence-electron chi connectivity index (χ4n) is 3.64. The highest BCUT2D eigenvalue weighted by molar-refractivity contribution is 5.95. The molecule has 0 aliphatic carbocycles. The highest BCUT2D eigenvalue weighted by Gasteiger charge is 2.25. The van der Waals surface area contributed by atoms with E-state index in [1.807, 2.05) is 42.3 Å². The van der Waals surface area contributed by atoms with Crippen LogP contribution in [0.2, 0.25) is 0 Å². The van der Waals surface area contributed by atoms with Gasteiger partial charge in [-0.2, -0.15) is 0 Å². The van der Waals surface area contributed by atoms with Crippen LogP contribution in [0.25, 0.3) is 10.9 Å². The van der Waals surface area contributed by atoms with E-state index in [0.717, 1.165) is 22.0 Å². The predicted octanol–water partition coefficient (Wildman–Crippen LogP) is 3.99. The minimum absolute atomic E-state index is 0.0537. The zero-order valence-corrected chi connectivity index (χ0v) is 15.0. The zero-order chi connectivity index (χ0) is 19.0. The number of aromatic nitrogens is 1. The summed E-state index contributed by atoms with van der Waals surface area (Å²) in [5.41, 5.74) is 4.19. The largest absolute Gasteiger partial charge is 0.362 e. The number of hydrogen-bond donors (Lipinski definition) is 2. The van der Waals surface area contributed by atoms with Crippen molar-refractivity contribution in [1.29, 1.82) is 0 Å². The number of nitro groups is 1. The van der Waals surface area contributed by atoms with Gasteiger partial charge in [0.25, 0.3) is 5.69 Å². The average Bonchev–Trinajstić information content (AvgIpc) is 3.08. The summed E-state index contributed by atoms with van der Waals surface area (Å²) in [4.78, 5) is 28.3. The molecule has 0 spiro atoms. The molecule has 138 valence electrons. The monoisotopic (exact) mass is 364 g/mol. The first-order valence-corrected chi connectivity index (χ1v) is 8.98. The topological polar surface area (TPSA) is 91.3 Å². The number of aryl methyl sites for hydroxylation is 1. The quantitative estimate of drug-likeness (QED) is 0.529. The molecule has 7 heteroatoms. The number of carbonyl (C=O) groups is 1. The van der Waals surface area contributed by atoms with Crippen LogP contribution in [0.1, 0.15) is 24.5 Å². The van der Waals surface area contributed by atoms with Gasteiger partial charge in [-0.05, 0) is 36.6 Å². The van der Waals surface area contributed by atoms with Crippen molar-refractivity contribution in [2.24, 2.45) is 0 Å². The Bertz CT molecular complexity index is 1040. The Balaban J connectivity index is 1.76. The molecule has 0 atom stereocenters. The minimum Gasteiger partial charge on any atom is -0.362 e. The van der Waals surface area contributed by atoms with Gasteiger partial charge in [0.05, 0.1) is 4.92 Å². The molecule has 1 aliphatic heterocycles. The normalized spacial score (nSPS) is 13.3. The van der Waals surface area contributed by atoms with Crippen molar-refractivity contribution in [2.75, 3.05) is 16.8 Å². The van der Waals surface area contributed by atoms with Crippen LogP contribution in [-0.2, 0) is 17.8 Å². The third kappa shape index (κ3) is 3.12. The molecule has 1 aliphatic rings. The number of nitro benzene ring substituents is 1. The third-order valence-electron chi connectivity index (χ3n) is 5.05. The number of nitrogens with zero attached hydrogens (tertiary/aromatic N) is 2. The van der Waals surface area contributed by atoms with Gasteiger partial charge < -0.3 is 15.2 Å². The molecule has 0 bridgehead atoms. The van der Waals surface area contributed by atoms with Crippen LogP contribution in [0, 0.1) is 10.1 Å². The van der Waals surface area contributed by atoms with E-state index in [1.54, 1.807) is 12.1 Å². The third-order valence-corrected chi connectivity index (χ3v) is 5.05. The van der Waals surface area contributed by atoms with Crippen LogP contribution in [0.5, 0.6) is 0 Å². The summed E-state index contributed by atoms with van der Waals surface area (Å²) in [7, 11) is 0. The lowest BCUT2D eigenvalue weighted by molar-refractivity contribution is -0.384. The Morgan fingerprint density at radius 2 is 2.04 bits per heavy atom. The van der Waals surface area contributed by atoms with E-state index in [9.17, 15) is 14.9 Å². The van der Waals surface area contributed by atoms with Gasteiger partial charge in [0.1, 0.15) is 5.69 Å². The van der Waals surface area contributed by atoms with Gasteiger partial charge in [-0.1, -0.05) is 18.2 Å². The summed E-state index contributed by atoms with van der Waals surface area (Å²) in [6, 6.07) is 11.3. The Morgan fingerprint density at radius 3 is 2.81 bits per heavy atom. The lowest BCUT2D eigenvalue weighted by Gasteiger charge is -2.25. The van der Waals surface area contributed by atoms with E-state index >= 15 is 0 Å². The molecule has 7 nitrogen and oxygen atoms in total. The van der Waals surface area contributed by atoms with Crippen molar-refractivity contribution in [1.82, 2.24) is 4.98 Å². The molecule has 2 heterocycles. The van der Waals surface area contributed by atoms with Crippen molar-refractivity contribution in [3.8, 4) is 0 Å². The molecule has 2 aromatic carbocycles. The number of rotatable bonds is 5. The summed E-state index contributed by atoms with van der Waals surface area (Å²) in [6.45, 7) is 3.11. The zero-order valence-electron chi connectivity index (χ0n) is 15.0. The smallest absolute Gasteiger partial charge is 0.292 e. The summed E-state index contributed by atoms with van der Waals surface area (Å²) in [5, 5.41) is 15.6. The Labute approximate surface area is 156 Å². The van der Waals surface area contributed by atoms with Gasteiger partial charge in [0.2, 0.25) is 5.91 Å². The molecule has 0 radical (unpaired) electrons. The molecule has 1 aromatic heterocycles. The summed E-state index contributed by atoms with van der Waals surface area (Å²) < 4.78 is 0. The van der Waals surface area contributed by atoms with Gasteiger partial charge in [0.15, 0.2) is 0 Å². The van der Waals surface area contributed by atoms with E-state index in [1.165, 1.54) is 0 Å². The molecule has 0 saturated heterocycles. The Morgan fingerprint density at radius 1 is 1.22 bits per heavy atom. The highest BCUT2D eigenvalue weighted by Crippen LogP contribution is 2.37. The van der Waals surface area contributed by atoms with Crippen molar-refractivity contribution < 1.29 is 9.72 Å². The number of hydrogen-bond acceptors (Lipinski definition) is 4. The molecule has 0 fully saturated rings. The lowest BCUT2D eigenvalue weighted by Crippen LogP contribution is -2.25. The first-order valence-electron chi connectivity index (χ1n) is 8.98. The van der Waals surface area contributed by atoms with Crippen LogP contribution in [0.4, 0.5) is 17.1 Å². The lowest BCUT2D eigenvalue weighted by atomic mass is 10.0. The van der Waals surface area contributed by atoms with Gasteiger partial charge in [-0.25, -0.2) is 0 Å². The maximum absolute atomic E-state index is 11.7. The maximum Gasteiger partial charge on any atom is 0.292 e. The van der Waals surface area contributed by atoms with Crippen LogP contribution < -0.4 is 10.2 Å². The van der Waals surface area contributed by atoms with Gasteiger partial charge in [-0.3, -0.25) is 14.9 Å². The van der Waals surface area contributed by atoms with Crippen molar-refractivity contribution in [2.45, 2.75) is 26.3 Å². The second kappa shape index (κ2) is 6.75. The predicted molar refractivity (Wildman–Crippen MR) is 105 cm³/mol. The van der Waals surface area contributed by atoms with E-state index in [4.69, 9.17) is 0 Å². The SMILES string of the molecule is CCN(Cc1c[nH]c2ccccc12)c1cc2c(cc1[N+](=O)[O-])CCC(=O)N2. The standard InChI is InChI=1S/C20H20N4O3/c1-2-23(12-14-11-21-16-6-4-3-5-15(14)16)18-10-17-13(7-8-20(25)22-17)9-19(18)24(26)27/h3-6,9-11,21H,2,7-8,12H2,1H3,(H,22,25). The van der Waals surface area contributed by atoms with Crippen molar-refractivity contribution >= 4 is 33.9 Å². The van der Waals surface area contributed by atoms with E-state index in [0.29, 0.717) is 37.3 Å². The summed E-state index contributed by atoms with van der Waals surface area (Å²) in [6.07, 6.45) is 2.83. The number of carbonyl (C=O) groups excluding carboxylic acids is 1. The van der Waals surface area contributed by atoms with Crippen LogP contribution >= 0.6 is 0 Å². The van der Waals surface area contributed by atoms with E-state index in [2.05, 4.69) is 10.3 Å². The molecule has 3 aromatic rings. The molecule has 27 heavy (non-hydrogen) atoms. The maximum atomic E-state index is 11.7. The molecule has 0 unspecified atom stereocenters. The molecule has 0 saturated carbocycles. The fourth-order valence-corrected chi connectivity index (χ4v) is 3.64. The average molecular weight is 364 g/mol. The van der Waals surface area contributed by atoms with Crippen LogP contribution in [0.3, 0.4) is 0 Å². The van der Waals surface area contributed by atoms with Crippen LogP contribution in [-0.4, -0.2) is 22.4 Å². The van der Waals surface area contributed by atoms with E-state index in [-0.39, 0.29) is 16.5 Å². The number of nitrogens with one attached hydrogen (secondary N) is 2. The number of aromatic amines is 1. The first kappa shape index (κ1) is 17.1. The number of anilines is 2. The highest BCUT2D eigenvalue weighted by atomic mass is 16.6. The Hall–Kier alpha value is -3.35. The summed E-state index contributed by atoms with van der Waals surface area (Å²) >= 11 is 0. The second-order valence-electron chi connectivity index (χ2n) is 6.68. The number of fused-ring (bicyclic) bond motifs is 2. The molecule has 4 rings (SSSR count). The van der Waals surface area contributed by atoms with Gasteiger partial charge >= 0.3 is 0 Å². The second-order valence-corrected chi connectivity index (χ2v) is 6.68. The fraction of sp³-hybridized carbons (Fsp3) is 0.250. The number of benzene rings is 2. The van der Waals surface area contributed by atoms with E-state index < -0.39 is 0 Å². The minimum atomic E-state index is -0.343. The number of amides is 1. The first-order chi connectivity index (χ1) is 13.1.